The highest BCUT2D eigenvalue weighted by Crippen LogP contribution is 2.19. The number of nitrogens with zero attached hydrogens (tertiary/aromatic N) is 2. The lowest BCUT2D eigenvalue weighted by molar-refractivity contribution is 0.174. The van der Waals surface area contributed by atoms with Gasteiger partial charge in [-0.05, 0) is 47.3 Å². The van der Waals surface area contributed by atoms with Gasteiger partial charge in [-0.2, -0.15) is 0 Å². The number of aliphatic hydroxyl groups is 1. The average molecular weight is 271 g/mol. The monoisotopic (exact) mass is 270 g/mol. The van der Waals surface area contributed by atoms with Crippen molar-refractivity contribution in [2.75, 3.05) is 18.0 Å². The number of hydrogen-bond donors (Lipinski definition) is 1. The van der Waals surface area contributed by atoms with Crippen LogP contribution < -0.4 is 4.90 Å². The zero-order valence-electron chi connectivity index (χ0n) is 8.56. The van der Waals surface area contributed by atoms with E-state index in [0.717, 1.165) is 36.2 Å². The lowest BCUT2D eigenvalue weighted by Crippen LogP contribution is -2.31. The van der Waals surface area contributed by atoms with Gasteiger partial charge in [0.2, 0.25) is 0 Å². The molecule has 0 aliphatic carbocycles. The molecule has 1 N–H and O–H groups in total. The summed E-state index contributed by atoms with van der Waals surface area (Å²) in [5.74, 6) is 0.949. The van der Waals surface area contributed by atoms with E-state index in [1.165, 1.54) is 0 Å². The van der Waals surface area contributed by atoms with Crippen molar-refractivity contribution < 1.29 is 5.11 Å². The van der Waals surface area contributed by atoms with Crippen molar-refractivity contribution >= 4 is 21.7 Å². The zero-order chi connectivity index (χ0) is 10.7. The van der Waals surface area contributed by atoms with Gasteiger partial charge in [-0.3, -0.25) is 0 Å². The van der Waals surface area contributed by atoms with Crippen LogP contribution in [0.25, 0.3) is 0 Å². The highest BCUT2D eigenvalue weighted by molar-refractivity contribution is 9.10. The number of aliphatic hydroxyl groups excluding tert-OH is 1. The Morgan fingerprint density at radius 3 is 3.07 bits per heavy atom. The Balaban J connectivity index is 2.14. The Labute approximate surface area is 98.3 Å². The summed E-state index contributed by atoms with van der Waals surface area (Å²) in [6, 6.07) is 5.88. The summed E-state index contributed by atoms with van der Waals surface area (Å²) in [5.41, 5.74) is 0. The van der Waals surface area contributed by atoms with Gasteiger partial charge in [-0.15, -0.1) is 0 Å². The van der Waals surface area contributed by atoms with E-state index in [-0.39, 0.29) is 6.10 Å². The third kappa shape index (κ3) is 2.92. The molecule has 82 valence electrons. The molecule has 1 fully saturated rings. The summed E-state index contributed by atoms with van der Waals surface area (Å²) in [7, 11) is 0. The largest absolute Gasteiger partial charge is 0.391 e. The Morgan fingerprint density at radius 2 is 2.27 bits per heavy atom. The first-order valence-corrected chi connectivity index (χ1v) is 6.10. The number of pyridine rings is 1. The molecule has 0 spiro atoms. The second-order valence-electron chi connectivity index (χ2n) is 3.91. The van der Waals surface area contributed by atoms with Crippen LogP contribution in [0.5, 0.6) is 0 Å². The van der Waals surface area contributed by atoms with Gasteiger partial charge in [0.05, 0.1) is 6.10 Å². The number of β-amino-alcohol motifs (C(OH)–C–C–N with tert-alkyl or cyclic N) is 1. The number of aromatic nitrogens is 1. The van der Waals surface area contributed by atoms with Crippen molar-refractivity contribution in [2.24, 2.45) is 0 Å². The van der Waals surface area contributed by atoms with Crippen LogP contribution in [-0.4, -0.2) is 29.3 Å². The smallest absolute Gasteiger partial charge is 0.129 e. The summed E-state index contributed by atoms with van der Waals surface area (Å²) in [4.78, 5) is 6.56. The summed E-state index contributed by atoms with van der Waals surface area (Å²) in [6.07, 6.45) is 2.93. The van der Waals surface area contributed by atoms with Crippen molar-refractivity contribution in [3.8, 4) is 0 Å². The van der Waals surface area contributed by atoms with Gasteiger partial charge < -0.3 is 10.0 Å². The fourth-order valence-corrected chi connectivity index (χ4v) is 2.24. The molecule has 0 bridgehead atoms. The standard InChI is InChI=1S/C11H15BrN2O/c12-10-5-3-6-11(13-10)14-7-2-1-4-9(15)8-14/h3,5-6,9,15H,1-2,4,7-8H2. The predicted octanol–water partition coefficient (Wildman–Crippen LogP) is 2.20. The second-order valence-corrected chi connectivity index (χ2v) is 4.73. The van der Waals surface area contributed by atoms with Crippen LogP contribution >= 0.6 is 15.9 Å². The Hall–Kier alpha value is -0.610. The van der Waals surface area contributed by atoms with E-state index in [4.69, 9.17) is 0 Å². The number of hydrogen-bond acceptors (Lipinski definition) is 3. The quantitative estimate of drug-likeness (QED) is 0.795. The van der Waals surface area contributed by atoms with Gasteiger partial charge in [0.25, 0.3) is 0 Å². The van der Waals surface area contributed by atoms with Crippen LogP contribution in [0.3, 0.4) is 0 Å². The molecule has 0 saturated carbocycles. The van der Waals surface area contributed by atoms with E-state index in [2.05, 4.69) is 25.8 Å². The van der Waals surface area contributed by atoms with Crippen molar-refractivity contribution in [1.82, 2.24) is 4.98 Å². The molecule has 0 radical (unpaired) electrons. The van der Waals surface area contributed by atoms with Gasteiger partial charge >= 0.3 is 0 Å². The fraction of sp³-hybridized carbons (Fsp3) is 0.545. The highest BCUT2D eigenvalue weighted by atomic mass is 79.9. The van der Waals surface area contributed by atoms with Gasteiger partial charge in [-0.25, -0.2) is 4.98 Å². The van der Waals surface area contributed by atoms with Crippen molar-refractivity contribution in [2.45, 2.75) is 25.4 Å². The second kappa shape index (κ2) is 4.94. The van der Waals surface area contributed by atoms with Gasteiger partial charge in [-0.1, -0.05) is 6.07 Å². The molecule has 15 heavy (non-hydrogen) atoms. The van der Waals surface area contributed by atoms with E-state index >= 15 is 0 Å². The lowest BCUT2D eigenvalue weighted by atomic mass is 10.2. The Kier molecular flexibility index (Phi) is 3.59. The van der Waals surface area contributed by atoms with Gasteiger partial charge in [0.1, 0.15) is 10.4 Å². The maximum Gasteiger partial charge on any atom is 0.129 e. The first-order valence-electron chi connectivity index (χ1n) is 5.31. The molecule has 3 nitrogen and oxygen atoms in total. The van der Waals surface area contributed by atoms with Crippen LogP contribution in [0.1, 0.15) is 19.3 Å². The minimum absolute atomic E-state index is 0.215. The number of anilines is 1. The van der Waals surface area contributed by atoms with E-state index in [1.54, 1.807) is 0 Å². The van der Waals surface area contributed by atoms with E-state index in [1.807, 2.05) is 18.2 Å². The molecule has 1 aromatic heterocycles. The molecule has 2 rings (SSSR count). The normalized spacial score (nSPS) is 22.5. The molecular formula is C11H15BrN2O. The third-order valence-electron chi connectivity index (χ3n) is 2.67. The topological polar surface area (TPSA) is 36.4 Å². The molecule has 4 heteroatoms. The predicted molar refractivity (Wildman–Crippen MR) is 64.0 cm³/mol. The lowest BCUT2D eigenvalue weighted by Gasteiger charge is -2.23. The van der Waals surface area contributed by atoms with E-state index < -0.39 is 0 Å². The Bertz CT molecular complexity index is 332. The summed E-state index contributed by atoms with van der Waals surface area (Å²) >= 11 is 3.36. The maximum absolute atomic E-state index is 9.71. The van der Waals surface area contributed by atoms with Crippen molar-refractivity contribution in [1.29, 1.82) is 0 Å². The molecule has 2 heterocycles. The highest BCUT2D eigenvalue weighted by Gasteiger charge is 2.16. The minimum Gasteiger partial charge on any atom is -0.391 e. The maximum atomic E-state index is 9.71. The molecular weight excluding hydrogens is 256 g/mol. The van der Waals surface area contributed by atoms with Crippen molar-refractivity contribution in [3.05, 3.63) is 22.8 Å². The van der Waals surface area contributed by atoms with E-state index in [0.29, 0.717) is 6.54 Å². The molecule has 1 aliphatic rings. The number of halogens is 1. The number of rotatable bonds is 1. The Morgan fingerprint density at radius 1 is 1.40 bits per heavy atom. The third-order valence-corrected chi connectivity index (χ3v) is 3.11. The van der Waals surface area contributed by atoms with Crippen LogP contribution in [0, 0.1) is 0 Å². The summed E-state index contributed by atoms with van der Waals surface area (Å²) in [6.45, 7) is 1.68. The van der Waals surface area contributed by atoms with Gasteiger partial charge in [0.15, 0.2) is 0 Å². The minimum atomic E-state index is -0.215. The molecule has 1 atom stereocenters. The van der Waals surface area contributed by atoms with Gasteiger partial charge in [0, 0.05) is 13.1 Å². The first kappa shape index (κ1) is 10.9. The molecule has 1 aromatic rings. The fourth-order valence-electron chi connectivity index (χ4n) is 1.90. The first-order chi connectivity index (χ1) is 7.25. The van der Waals surface area contributed by atoms with Crippen LogP contribution in [0.15, 0.2) is 22.8 Å². The zero-order valence-corrected chi connectivity index (χ0v) is 10.2. The van der Waals surface area contributed by atoms with Crippen molar-refractivity contribution in [3.63, 3.8) is 0 Å². The molecule has 1 saturated heterocycles. The average Bonchev–Trinajstić information content (AvgIpc) is 2.43. The van der Waals surface area contributed by atoms with E-state index in [9.17, 15) is 5.11 Å². The summed E-state index contributed by atoms with van der Waals surface area (Å²) < 4.78 is 0.846. The molecule has 1 aliphatic heterocycles. The SMILES string of the molecule is OC1CCCCN(c2cccc(Br)n2)C1. The van der Waals surface area contributed by atoms with Crippen LogP contribution in [0.2, 0.25) is 0 Å². The van der Waals surface area contributed by atoms with Crippen LogP contribution in [0.4, 0.5) is 5.82 Å². The molecule has 1 unspecified atom stereocenters. The molecule has 0 amide bonds. The summed E-state index contributed by atoms with van der Waals surface area (Å²) in [5, 5.41) is 9.71. The van der Waals surface area contributed by atoms with Crippen LogP contribution in [-0.2, 0) is 0 Å². The molecule has 0 aromatic carbocycles.